The number of amides is 1. The van der Waals surface area contributed by atoms with Gasteiger partial charge < -0.3 is 5.32 Å². The van der Waals surface area contributed by atoms with Gasteiger partial charge in [-0.15, -0.1) is 0 Å². The van der Waals surface area contributed by atoms with E-state index in [0.29, 0.717) is 12.8 Å². The van der Waals surface area contributed by atoms with Crippen LogP contribution in [0.1, 0.15) is 54.8 Å². The Morgan fingerprint density at radius 3 is 2.35 bits per heavy atom. The van der Waals surface area contributed by atoms with Gasteiger partial charge in [0.2, 0.25) is 5.91 Å². The highest BCUT2D eigenvalue weighted by atomic mass is 19.3. The number of carbonyl (C=O) groups is 1. The number of hydrogen-bond donors (Lipinski definition) is 1. The van der Waals surface area contributed by atoms with Gasteiger partial charge in [0.1, 0.15) is 5.69 Å². The van der Waals surface area contributed by atoms with E-state index in [2.05, 4.69) is 10.4 Å². The van der Waals surface area contributed by atoms with Crippen LogP contribution in [0.5, 0.6) is 0 Å². The third-order valence-corrected chi connectivity index (χ3v) is 6.22. The summed E-state index contributed by atoms with van der Waals surface area (Å²) >= 11 is 0. The molecule has 0 bridgehead atoms. The summed E-state index contributed by atoms with van der Waals surface area (Å²) in [5.41, 5.74) is -0.450. The molecule has 10 heteroatoms. The van der Waals surface area contributed by atoms with Crippen LogP contribution in [-0.2, 0) is 17.8 Å². The predicted molar refractivity (Wildman–Crippen MR) is 100 cm³/mol. The first kappa shape index (κ1) is 21.7. The highest BCUT2D eigenvalue weighted by Crippen LogP contribution is 2.56. The van der Waals surface area contributed by atoms with Crippen molar-refractivity contribution in [2.45, 2.75) is 55.8 Å². The Hall–Kier alpha value is -2.52. The average Bonchev–Trinajstić information content (AvgIpc) is 2.96. The largest absolute Gasteiger partial charge is 0.314 e. The summed E-state index contributed by atoms with van der Waals surface area (Å²) in [6, 6.07) is 7.16. The zero-order valence-electron chi connectivity index (χ0n) is 16.6. The average molecular weight is 445 g/mol. The maximum atomic E-state index is 15.4. The first-order chi connectivity index (χ1) is 14.4. The summed E-state index contributed by atoms with van der Waals surface area (Å²) in [4.78, 5) is 12.3. The van der Waals surface area contributed by atoms with Crippen molar-refractivity contribution in [3.63, 3.8) is 0 Å². The van der Waals surface area contributed by atoms with E-state index < -0.39 is 42.4 Å². The van der Waals surface area contributed by atoms with Crippen molar-refractivity contribution in [3.05, 3.63) is 47.2 Å². The van der Waals surface area contributed by atoms with Gasteiger partial charge in [0, 0.05) is 36.9 Å². The summed E-state index contributed by atoms with van der Waals surface area (Å²) in [6.07, 6.45) is 0.140. The van der Waals surface area contributed by atoms with Gasteiger partial charge in [-0.1, -0.05) is 36.8 Å². The van der Waals surface area contributed by atoms with Crippen molar-refractivity contribution in [2.24, 2.45) is 13.0 Å². The third kappa shape index (κ3) is 3.49. The molecule has 0 unspecified atom stereocenters. The highest BCUT2D eigenvalue weighted by molar-refractivity contribution is 5.91. The number of alkyl halides is 6. The topological polar surface area (TPSA) is 46.9 Å². The van der Waals surface area contributed by atoms with Crippen LogP contribution >= 0.6 is 0 Å². The van der Waals surface area contributed by atoms with E-state index in [9.17, 15) is 22.4 Å². The Kier molecular flexibility index (Phi) is 5.09. The quantitative estimate of drug-likeness (QED) is 0.602. The Balaban J connectivity index is 1.62. The van der Waals surface area contributed by atoms with Gasteiger partial charge in [0.15, 0.2) is 5.82 Å². The molecule has 1 atom stereocenters. The van der Waals surface area contributed by atoms with Crippen LogP contribution < -0.4 is 5.32 Å². The van der Waals surface area contributed by atoms with Crippen molar-refractivity contribution in [2.75, 3.05) is 5.32 Å². The molecular formula is C21H21F6N3O. The second-order valence-corrected chi connectivity index (χ2v) is 8.28. The molecule has 1 amide bonds. The molecule has 0 spiro atoms. The lowest BCUT2D eigenvalue weighted by Gasteiger charge is -2.43. The van der Waals surface area contributed by atoms with E-state index in [4.69, 9.17) is 0 Å². The van der Waals surface area contributed by atoms with Gasteiger partial charge in [0.25, 0.3) is 0 Å². The van der Waals surface area contributed by atoms with E-state index in [1.807, 2.05) is 0 Å². The van der Waals surface area contributed by atoms with Gasteiger partial charge in [-0.3, -0.25) is 9.48 Å². The van der Waals surface area contributed by atoms with Crippen LogP contribution in [0, 0.1) is 5.92 Å². The van der Waals surface area contributed by atoms with E-state index in [0.717, 1.165) is 11.1 Å². The van der Waals surface area contributed by atoms with Crippen molar-refractivity contribution in [1.82, 2.24) is 9.78 Å². The van der Waals surface area contributed by atoms with E-state index in [1.165, 1.54) is 31.3 Å². The summed E-state index contributed by atoms with van der Waals surface area (Å²) in [7, 11) is 1.32. The Labute approximate surface area is 174 Å². The molecule has 1 N–H and O–H groups in total. The fourth-order valence-electron chi connectivity index (χ4n) is 4.22. The fraction of sp³-hybridized carbons (Fsp3) is 0.524. The number of anilines is 1. The SMILES string of the molecule is Cn1nc(NC(=O)C[C@@H]2CC(F)(F)C2(F)F)c(C2CCC2)c1C(F)(F)c1ccccc1. The highest BCUT2D eigenvalue weighted by Gasteiger charge is 2.71. The van der Waals surface area contributed by atoms with Crippen LogP contribution in [0.2, 0.25) is 0 Å². The summed E-state index contributed by atoms with van der Waals surface area (Å²) < 4.78 is 84.9. The number of hydrogen-bond acceptors (Lipinski definition) is 2. The van der Waals surface area contributed by atoms with Crippen molar-refractivity contribution in [3.8, 4) is 0 Å². The molecular weight excluding hydrogens is 424 g/mol. The first-order valence-corrected chi connectivity index (χ1v) is 10.0. The minimum atomic E-state index is -4.27. The van der Waals surface area contributed by atoms with Gasteiger partial charge in [0.05, 0.1) is 0 Å². The van der Waals surface area contributed by atoms with Gasteiger partial charge in [-0.2, -0.15) is 31.4 Å². The molecule has 2 aliphatic rings. The van der Waals surface area contributed by atoms with Crippen LogP contribution in [0.4, 0.5) is 32.2 Å². The minimum Gasteiger partial charge on any atom is -0.309 e. The van der Waals surface area contributed by atoms with E-state index >= 15 is 8.78 Å². The maximum absolute atomic E-state index is 15.4. The molecule has 4 rings (SSSR count). The third-order valence-electron chi connectivity index (χ3n) is 6.22. The molecule has 2 saturated carbocycles. The van der Waals surface area contributed by atoms with Crippen molar-refractivity contribution >= 4 is 11.7 Å². The number of aryl methyl sites for hydroxylation is 1. The van der Waals surface area contributed by atoms with E-state index in [1.54, 1.807) is 6.07 Å². The number of aromatic nitrogens is 2. The molecule has 1 aromatic carbocycles. The van der Waals surface area contributed by atoms with Crippen molar-refractivity contribution in [1.29, 1.82) is 0 Å². The summed E-state index contributed by atoms with van der Waals surface area (Å²) in [5, 5.41) is 6.36. The number of carbonyl (C=O) groups excluding carboxylic acids is 1. The molecule has 2 aromatic rings. The molecule has 31 heavy (non-hydrogen) atoms. The van der Waals surface area contributed by atoms with Gasteiger partial charge >= 0.3 is 17.8 Å². The van der Waals surface area contributed by atoms with Crippen LogP contribution in [0.25, 0.3) is 0 Å². The Morgan fingerprint density at radius 1 is 1.19 bits per heavy atom. The monoisotopic (exact) mass is 445 g/mol. The standard InChI is InChI=1S/C21H21F6N3O/c1-30-17(20(24,25)13-8-3-2-4-9-13)16(12-6-5-7-12)18(29-30)28-15(31)10-14-11-19(22,23)21(14,26)27/h2-4,8-9,12,14H,5-7,10-11H2,1H3,(H,28,29,31)/t14-/m1/s1. The predicted octanol–water partition coefficient (Wildman–Crippen LogP) is 5.45. The molecule has 4 nitrogen and oxygen atoms in total. The lowest BCUT2D eigenvalue weighted by molar-refractivity contribution is -0.313. The summed E-state index contributed by atoms with van der Waals surface area (Å²) in [6.45, 7) is 0. The second kappa shape index (κ2) is 7.27. The molecule has 2 aliphatic carbocycles. The number of benzene rings is 1. The van der Waals surface area contributed by atoms with E-state index in [-0.39, 0.29) is 28.6 Å². The smallest absolute Gasteiger partial charge is 0.309 e. The fourth-order valence-corrected chi connectivity index (χ4v) is 4.22. The normalized spacial score (nSPS) is 22.5. The van der Waals surface area contributed by atoms with Crippen LogP contribution in [-0.4, -0.2) is 27.5 Å². The van der Waals surface area contributed by atoms with Crippen LogP contribution in [0.15, 0.2) is 30.3 Å². The molecule has 1 heterocycles. The van der Waals surface area contributed by atoms with Crippen molar-refractivity contribution < 1.29 is 31.1 Å². The van der Waals surface area contributed by atoms with Crippen LogP contribution in [0.3, 0.4) is 0 Å². The number of nitrogens with one attached hydrogen (secondary N) is 1. The molecule has 0 saturated heterocycles. The minimum absolute atomic E-state index is 0.128. The lowest BCUT2D eigenvalue weighted by atomic mass is 9.74. The lowest BCUT2D eigenvalue weighted by Crippen LogP contribution is -2.59. The summed E-state index contributed by atoms with van der Waals surface area (Å²) in [5.74, 6) is -14.9. The molecule has 0 aliphatic heterocycles. The first-order valence-electron chi connectivity index (χ1n) is 10.0. The number of halogens is 6. The molecule has 0 radical (unpaired) electrons. The number of nitrogens with zero attached hydrogens (tertiary/aromatic N) is 2. The van der Waals surface area contributed by atoms with Gasteiger partial charge in [-0.25, -0.2) is 0 Å². The zero-order chi connectivity index (χ0) is 22.6. The molecule has 2 fully saturated rings. The Morgan fingerprint density at radius 2 is 1.84 bits per heavy atom. The second-order valence-electron chi connectivity index (χ2n) is 8.28. The molecule has 168 valence electrons. The maximum Gasteiger partial charge on any atom is 0.314 e. The Bertz CT molecular complexity index is 985. The number of rotatable bonds is 6. The van der Waals surface area contributed by atoms with Gasteiger partial charge in [-0.05, 0) is 18.8 Å². The zero-order valence-corrected chi connectivity index (χ0v) is 16.6. The molecule has 1 aromatic heterocycles.